The van der Waals surface area contributed by atoms with Gasteiger partial charge in [0.2, 0.25) is 0 Å². The van der Waals surface area contributed by atoms with Gasteiger partial charge in [-0.25, -0.2) is 0 Å². The summed E-state index contributed by atoms with van der Waals surface area (Å²) in [4.78, 5) is 4.24. The zero-order chi connectivity index (χ0) is 10.8. The van der Waals surface area contributed by atoms with E-state index in [1.165, 1.54) is 0 Å². The summed E-state index contributed by atoms with van der Waals surface area (Å²) in [6.45, 7) is 2.01. The van der Waals surface area contributed by atoms with Crippen molar-refractivity contribution in [3.05, 3.63) is 0 Å². The standard InChI is InChI=1S/C12H20N2/c1-13(2)11-9-7-5-6-8-10-12-14(3)4/h9-12H2,1-4H3. The molecule has 0 unspecified atom stereocenters. The van der Waals surface area contributed by atoms with Crippen LogP contribution in [0.4, 0.5) is 0 Å². The number of hydrogen-bond acceptors (Lipinski definition) is 2. The van der Waals surface area contributed by atoms with E-state index < -0.39 is 0 Å². The molecule has 0 saturated heterocycles. The van der Waals surface area contributed by atoms with E-state index in [1.807, 2.05) is 28.2 Å². The molecule has 0 aliphatic rings. The predicted molar refractivity (Wildman–Crippen MR) is 61.9 cm³/mol. The van der Waals surface area contributed by atoms with E-state index in [4.69, 9.17) is 0 Å². The summed E-state index contributed by atoms with van der Waals surface area (Å²) >= 11 is 0. The summed E-state index contributed by atoms with van der Waals surface area (Å²) in [6, 6.07) is 0. The van der Waals surface area contributed by atoms with Crippen LogP contribution >= 0.6 is 0 Å². The Hall–Kier alpha value is -0.960. The molecule has 0 heterocycles. The molecule has 0 saturated carbocycles. The number of hydrogen-bond donors (Lipinski definition) is 0. The highest BCUT2D eigenvalue weighted by atomic mass is 15.0. The van der Waals surface area contributed by atoms with Crippen molar-refractivity contribution in [2.45, 2.75) is 12.8 Å². The van der Waals surface area contributed by atoms with E-state index in [2.05, 4.69) is 33.5 Å². The van der Waals surface area contributed by atoms with E-state index in [9.17, 15) is 0 Å². The van der Waals surface area contributed by atoms with Crippen molar-refractivity contribution in [1.29, 1.82) is 0 Å². The van der Waals surface area contributed by atoms with Gasteiger partial charge < -0.3 is 9.80 Å². The lowest BCUT2D eigenvalue weighted by atomic mass is 10.4. The molecule has 0 spiro atoms. The fourth-order valence-corrected chi connectivity index (χ4v) is 0.772. The maximum Gasteiger partial charge on any atom is 0.0227 e. The van der Waals surface area contributed by atoms with Gasteiger partial charge >= 0.3 is 0 Å². The van der Waals surface area contributed by atoms with Gasteiger partial charge in [0.1, 0.15) is 0 Å². The molecular weight excluding hydrogens is 172 g/mol. The molecule has 2 heteroatoms. The van der Waals surface area contributed by atoms with Gasteiger partial charge in [0.05, 0.1) is 0 Å². The Bertz CT molecular complexity index is 217. The molecule has 0 aromatic heterocycles. The zero-order valence-corrected chi connectivity index (χ0v) is 9.72. The van der Waals surface area contributed by atoms with Gasteiger partial charge in [0.15, 0.2) is 0 Å². The summed E-state index contributed by atoms with van der Waals surface area (Å²) in [6.07, 6.45) is 1.80. The molecule has 0 amide bonds. The highest BCUT2D eigenvalue weighted by molar-refractivity contribution is 5.25. The molecule has 0 rings (SSSR count). The summed E-state index contributed by atoms with van der Waals surface area (Å²) in [5.74, 6) is 11.8. The summed E-state index contributed by atoms with van der Waals surface area (Å²) in [5.41, 5.74) is 0. The third-order valence-electron chi connectivity index (χ3n) is 1.61. The lowest BCUT2D eigenvalue weighted by Gasteiger charge is -2.04. The molecule has 0 atom stereocenters. The van der Waals surface area contributed by atoms with Crippen LogP contribution in [0.25, 0.3) is 0 Å². The topological polar surface area (TPSA) is 6.48 Å². The van der Waals surface area contributed by atoms with Gasteiger partial charge in [0, 0.05) is 25.9 Å². The summed E-state index contributed by atoms with van der Waals surface area (Å²) < 4.78 is 0. The molecule has 0 radical (unpaired) electrons. The lowest BCUT2D eigenvalue weighted by molar-refractivity contribution is 0.419. The van der Waals surface area contributed by atoms with Crippen molar-refractivity contribution < 1.29 is 0 Å². The Morgan fingerprint density at radius 1 is 0.714 bits per heavy atom. The highest BCUT2D eigenvalue weighted by Gasteiger charge is 1.84. The smallest absolute Gasteiger partial charge is 0.0227 e. The second kappa shape index (κ2) is 8.63. The third-order valence-corrected chi connectivity index (χ3v) is 1.61. The van der Waals surface area contributed by atoms with Gasteiger partial charge in [-0.1, -0.05) is 11.8 Å². The van der Waals surface area contributed by atoms with E-state index in [0.717, 1.165) is 25.9 Å². The molecule has 0 aromatic rings. The van der Waals surface area contributed by atoms with Crippen LogP contribution in [0.15, 0.2) is 0 Å². The summed E-state index contributed by atoms with van der Waals surface area (Å²) in [7, 11) is 8.18. The third kappa shape index (κ3) is 11.0. The fourth-order valence-electron chi connectivity index (χ4n) is 0.772. The Kier molecular flexibility index (Phi) is 8.04. The maximum absolute atomic E-state index is 3.03. The number of nitrogens with zero attached hydrogens (tertiary/aromatic N) is 2. The second-order valence-electron chi connectivity index (χ2n) is 3.71. The molecule has 0 N–H and O–H groups in total. The van der Waals surface area contributed by atoms with Crippen molar-refractivity contribution in [2.75, 3.05) is 41.3 Å². The molecule has 0 bridgehead atoms. The van der Waals surface area contributed by atoms with Gasteiger partial charge in [-0.3, -0.25) is 0 Å². The van der Waals surface area contributed by atoms with Crippen molar-refractivity contribution >= 4 is 0 Å². The van der Waals surface area contributed by atoms with Crippen molar-refractivity contribution in [2.24, 2.45) is 0 Å². The van der Waals surface area contributed by atoms with Gasteiger partial charge in [-0.15, -0.1) is 0 Å². The molecule has 14 heavy (non-hydrogen) atoms. The first-order valence-electron chi connectivity index (χ1n) is 4.88. The monoisotopic (exact) mass is 192 g/mol. The van der Waals surface area contributed by atoms with Crippen LogP contribution in [0.5, 0.6) is 0 Å². The molecule has 0 aliphatic heterocycles. The Balaban J connectivity index is 3.48. The molecule has 0 fully saturated rings. The van der Waals surface area contributed by atoms with Crippen LogP contribution in [0.1, 0.15) is 12.8 Å². The summed E-state index contributed by atoms with van der Waals surface area (Å²) in [5, 5.41) is 0. The molecular formula is C12H20N2. The van der Waals surface area contributed by atoms with E-state index in [1.54, 1.807) is 0 Å². The molecule has 78 valence electrons. The second-order valence-corrected chi connectivity index (χ2v) is 3.71. The lowest BCUT2D eigenvalue weighted by Crippen LogP contribution is -2.12. The first-order chi connectivity index (χ1) is 6.63. The first-order valence-corrected chi connectivity index (χ1v) is 4.88. The molecule has 2 nitrogen and oxygen atoms in total. The Morgan fingerprint density at radius 2 is 1.07 bits per heavy atom. The van der Waals surface area contributed by atoms with Crippen LogP contribution in [0.3, 0.4) is 0 Å². The highest BCUT2D eigenvalue weighted by Crippen LogP contribution is 1.80. The van der Waals surface area contributed by atoms with Crippen LogP contribution in [0, 0.1) is 23.7 Å². The van der Waals surface area contributed by atoms with Gasteiger partial charge in [-0.05, 0) is 40.0 Å². The molecule has 0 aliphatic carbocycles. The average molecular weight is 192 g/mol. The minimum absolute atomic E-state index is 0.898. The number of rotatable bonds is 4. The Morgan fingerprint density at radius 3 is 1.36 bits per heavy atom. The quantitative estimate of drug-likeness (QED) is 0.611. The Labute approximate surface area is 88.3 Å². The van der Waals surface area contributed by atoms with E-state index in [0.29, 0.717) is 0 Å². The fraction of sp³-hybridized carbons (Fsp3) is 0.667. The normalized spacial score (nSPS) is 9.29. The minimum Gasteiger partial charge on any atom is -0.308 e. The molecule has 0 aromatic carbocycles. The van der Waals surface area contributed by atoms with Gasteiger partial charge in [0.25, 0.3) is 0 Å². The van der Waals surface area contributed by atoms with Crippen LogP contribution in [-0.2, 0) is 0 Å². The van der Waals surface area contributed by atoms with Crippen LogP contribution in [0.2, 0.25) is 0 Å². The van der Waals surface area contributed by atoms with Crippen molar-refractivity contribution in [1.82, 2.24) is 9.80 Å². The minimum atomic E-state index is 0.898. The van der Waals surface area contributed by atoms with Crippen molar-refractivity contribution in [3.8, 4) is 23.7 Å². The van der Waals surface area contributed by atoms with E-state index in [-0.39, 0.29) is 0 Å². The average Bonchev–Trinajstić information content (AvgIpc) is 2.08. The zero-order valence-electron chi connectivity index (χ0n) is 9.72. The first kappa shape index (κ1) is 13.0. The largest absolute Gasteiger partial charge is 0.308 e. The SMILES string of the molecule is CN(C)CCC#CC#CCCN(C)C. The van der Waals surface area contributed by atoms with Crippen LogP contribution in [-0.4, -0.2) is 51.1 Å². The van der Waals surface area contributed by atoms with Gasteiger partial charge in [-0.2, -0.15) is 0 Å². The van der Waals surface area contributed by atoms with Crippen molar-refractivity contribution in [3.63, 3.8) is 0 Å². The van der Waals surface area contributed by atoms with E-state index >= 15 is 0 Å². The predicted octanol–water partition coefficient (Wildman–Crippen LogP) is 0.897. The maximum atomic E-state index is 3.03. The van der Waals surface area contributed by atoms with Crippen LogP contribution < -0.4 is 0 Å².